The van der Waals surface area contributed by atoms with Crippen molar-refractivity contribution in [3.8, 4) is 0 Å². The number of aryl methyl sites for hydroxylation is 1. The van der Waals surface area contributed by atoms with E-state index in [4.69, 9.17) is 9.84 Å². The van der Waals surface area contributed by atoms with Crippen LogP contribution in [0, 0.1) is 0 Å². The van der Waals surface area contributed by atoms with Crippen LogP contribution >= 0.6 is 0 Å². The molecular formula is C14H19NO4. The van der Waals surface area contributed by atoms with Crippen molar-refractivity contribution in [3.63, 3.8) is 0 Å². The van der Waals surface area contributed by atoms with Crippen molar-refractivity contribution in [1.82, 2.24) is 0 Å². The van der Waals surface area contributed by atoms with E-state index in [1.54, 1.807) is 19.1 Å². The predicted molar refractivity (Wildman–Crippen MR) is 72.1 cm³/mol. The molecule has 0 aliphatic carbocycles. The second-order valence-corrected chi connectivity index (χ2v) is 4.18. The van der Waals surface area contributed by atoms with Gasteiger partial charge < -0.3 is 15.2 Å². The summed E-state index contributed by atoms with van der Waals surface area (Å²) in [6, 6.07) is 7.13. The zero-order valence-corrected chi connectivity index (χ0v) is 11.2. The van der Waals surface area contributed by atoms with Crippen LogP contribution in [0.3, 0.4) is 0 Å². The van der Waals surface area contributed by atoms with Crippen LogP contribution in [0.25, 0.3) is 0 Å². The molecule has 1 rings (SSSR count). The van der Waals surface area contributed by atoms with Crippen molar-refractivity contribution >= 4 is 17.6 Å². The quantitative estimate of drug-likeness (QED) is 0.791. The van der Waals surface area contributed by atoms with E-state index in [2.05, 4.69) is 5.32 Å². The Balaban J connectivity index is 2.52. The van der Waals surface area contributed by atoms with Crippen LogP contribution in [0.4, 0.5) is 5.69 Å². The molecule has 0 saturated heterocycles. The Morgan fingerprint density at radius 1 is 1.32 bits per heavy atom. The topological polar surface area (TPSA) is 75.6 Å². The van der Waals surface area contributed by atoms with Crippen LogP contribution < -0.4 is 5.32 Å². The Morgan fingerprint density at radius 3 is 2.47 bits per heavy atom. The maximum atomic E-state index is 11.7. The summed E-state index contributed by atoms with van der Waals surface area (Å²) in [5, 5.41) is 11.3. The third-order valence-corrected chi connectivity index (χ3v) is 2.63. The van der Waals surface area contributed by atoms with Gasteiger partial charge in [-0.15, -0.1) is 0 Å². The number of ether oxygens (including phenoxy) is 1. The molecule has 2 N–H and O–H groups in total. The third-order valence-electron chi connectivity index (χ3n) is 2.63. The van der Waals surface area contributed by atoms with E-state index in [1.807, 2.05) is 19.1 Å². The van der Waals surface area contributed by atoms with Gasteiger partial charge in [-0.3, -0.25) is 9.59 Å². The number of carboxylic acid groups (broad SMARTS) is 1. The van der Waals surface area contributed by atoms with Crippen LogP contribution in [0.2, 0.25) is 0 Å². The summed E-state index contributed by atoms with van der Waals surface area (Å²) < 4.78 is 5.19. The van der Waals surface area contributed by atoms with Crippen LogP contribution in [0.1, 0.15) is 25.8 Å². The van der Waals surface area contributed by atoms with Crippen LogP contribution in [-0.2, 0) is 20.7 Å². The van der Waals surface area contributed by atoms with E-state index in [0.29, 0.717) is 18.7 Å². The first-order valence-electron chi connectivity index (χ1n) is 6.26. The molecular weight excluding hydrogens is 246 g/mol. The standard InChI is InChI=1S/C14H19NO4/c1-3-19-10(2)14(18)15-12-7-4-11(5-8-12)6-9-13(16)17/h4-5,7-8,10H,3,6,9H2,1-2H3,(H,15,18)(H,16,17). The summed E-state index contributed by atoms with van der Waals surface area (Å²) >= 11 is 0. The summed E-state index contributed by atoms with van der Waals surface area (Å²) in [5.41, 5.74) is 1.61. The summed E-state index contributed by atoms with van der Waals surface area (Å²) in [5.74, 6) is -1.01. The molecule has 0 spiro atoms. The maximum Gasteiger partial charge on any atom is 0.303 e. The number of nitrogens with one attached hydrogen (secondary N) is 1. The Morgan fingerprint density at radius 2 is 1.95 bits per heavy atom. The minimum absolute atomic E-state index is 0.104. The Hall–Kier alpha value is -1.88. The lowest BCUT2D eigenvalue weighted by atomic mass is 10.1. The van der Waals surface area contributed by atoms with E-state index >= 15 is 0 Å². The molecule has 0 aliphatic heterocycles. The number of carbonyl (C=O) groups excluding carboxylic acids is 1. The number of hydrogen-bond donors (Lipinski definition) is 2. The molecule has 0 radical (unpaired) electrons. The number of aliphatic carboxylic acids is 1. The second-order valence-electron chi connectivity index (χ2n) is 4.18. The highest BCUT2D eigenvalue weighted by Crippen LogP contribution is 2.11. The average Bonchev–Trinajstić information content (AvgIpc) is 2.38. The molecule has 0 bridgehead atoms. The van der Waals surface area contributed by atoms with Gasteiger partial charge >= 0.3 is 5.97 Å². The summed E-state index contributed by atoms with van der Waals surface area (Å²) in [4.78, 5) is 22.1. The number of carboxylic acids is 1. The minimum atomic E-state index is -0.817. The molecule has 1 aromatic carbocycles. The number of hydrogen-bond acceptors (Lipinski definition) is 3. The predicted octanol–water partition coefficient (Wildman–Crippen LogP) is 2.07. The summed E-state index contributed by atoms with van der Waals surface area (Å²) in [6.07, 6.45) is 0.100. The zero-order chi connectivity index (χ0) is 14.3. The highest BCUT2D eigenvalue weighted by atomic mass is 16.5. The fourth-order valence-electron chi connectivity index (χ4n) is 1.58. The second kappa shape index (κ2) is 7.53. The number of anilines is 1. The molecule has 0 saturated carbocycles. The van der Waals surface area contributed by atoms with E-state index in [0.717, 1.165) is 5.56 Å². The SMILES string of the molecule is CCOC(C)C(=O)Nc1ccc(CCC(=O)O)cc1. The summed E-state index contributed by atoms with van der Waals surface area (Å²) in [7, 11) is 0. The third kappa shape index (κ3) is 5.52. The van der Waals surface area contributed by atoms with Gasteiger partial charge in [-0.05, 0) is 38.0 Å². The van der Waals surface area contributed by atoms with Gasteiger partial charge in [0.25, 0.3) is 5.91 Å². The Kier molecular flexibility index (Phi) is 6.02. The normalized spacial score (nSPS) is 11.9. The van der Waals surface area contributed by atoms with Crippen molar-refractivity contribution in [2.45, 2.75) is 32.8 Å². The molecule has 0 aromatic heterocycles. The largest absolute Gasteiger partial charge is 0.481 e. The molecule has 0 aliphatic rings. The summed E-state index contributed by atoms with van der Waals surface area (Å²) in [6.45, 7) is 4.02. The van der Waals surface area contributed by atoms with Crippen molar-refractivity contribution in [2.24, 2.45) is 0 Å². The molecule has 19 heavy (non-hydrogen) atoms. The van der Waals surface area contributed by atoms with Crippen LogP contribution in [-0.4, -0.2) is 29.7 Å². The van der Waals surface area contributed by atoms with Crippen LogP contribution in [0.5, 0.6) is 0 Å². The molecule has 104 valence electrons. The van der Waals surface area contributed by atoms with Gasteiger partial charge in [0.1, 0.15) is 6.10 Å². The van der Waals surface area contributed by atoms with Gasteiger partial charge in [-0.25, -0.2) is 0 Å². The first-order valence-corrected chi connectivity index (χ1v) is 6.26. The first kappa shape index (κ1) is 15.2. The molecule has 1 aromatic rings. The number of amides is 1. The Bertz CT molecular complexity index is 428. The molecule has 0 heterocycles. The first-order chi connectivity index (χ1) is 9.02. The zero-order valence-electron chi connectivity index (χ0n) is 11.2. The number of carbonyl (C=O) groups is 2. The lowest BCUT2D eigenvalue weighted by molar-refractivity contribution is -0.137. The van der Waals surface area contributed by atoms with E-state index in [-0.39, 0.29) is 12.3 Å². The molecule has 1 amide bonds. The van der Waals surface area contributed by atoms with Crippen molar-refractivity contribution in [3.05, 3.63) is 29.8 Å². The van der Waals surface area contributed by atoms with Gasteiger partial charge in [0.2, 0.25) is 0 Å². The molecule has 0 fully saturated rings. The highest BCUT2D eigenvalue weighted by molar-refractivity contribution is 5.93. The maximum absolute atomic E-state index is 11.7. The van der Waals surface area contributed by atoms with E-state index in [9.17, 15) is 9.59 Å². The van der Waals surface area contributed by atoms with E-state index in [1.165, 1.54) is 0 Å². The van der Waals surface area contributed by atoms with Crippen molar-refractivity contribution in [1.29, 1.82) is 0 Å². The van der Waals surface area contributed by atoms with Crippen molar-refractivity contribution < 1.29 is 19.4 Å². The monoisotopic (exact) mass is 265 g/mol. The van der Waals surface area contributed by atoms with Gasteiger partial charge in [-0.2, -0.15) is 0 Å². The Labute approximate surface area is 112 Å². The minimum Gasteiger partial charge on any atom is -0.481 e. The molecule has 1 unspecified atom stereocenters. The fourth-order valence-corrected chi connectivity index (χ4v) is 1.58. The molecule has 1 atom stereocenters. The average molecular weight is 265 g/mol. The smallest absolute Gasteiger partial charge is 0.303 e. The molecule has 5 nitrogen and oxygen atoms in total. The van der Waals surface area contributed by atoms with Gasteiger partial charge in [0.05, 0.1) is 0 Å². The van der Waals surface area contributed by atoms with Crippen molar-refractivity contribution in [2.75, 3.05) is 11.9 Å². The van der Waals surface area contributed by atoms with Crippen LogP contribution in [0.15, 0.2) is 24.3 Å². The highest BCUT2D eigenvalue weighted by Gasteiger charge is 2.12. The lowest BCUT2D eigenvalue weighted by Gasteiger charge is -2.12. The van der Waals surface area contributed by atoms with E-state index < -0.39 is 12.1 Å². The lowest BCUT2D eigenvalue weighted by Crippen LogP contribution is -2.27. The number of rotatable bonds is 7. The fraction of sp³-hybridized carbons (Fsp3) is 0.429. The molecule has 5 heteroatoms. The van der Waals surface area contributed by atoms with Gasteiger partial charge in [-0.1, -0.05) is 12.1 Å². The van der Waals surface area contributed by atoms with Gasteiger partial charge in [0.15, 0.2) is 0 Å². The van der Waals surface area contributed by atoms with Gasteiger partial charge in [0, 0.05) is 18.7 Å². The number of benzene rings is 1.